The van der Waals surface area contributed by atoms with Gasteiger partial charge in [0.2, 0.25) is 0 Å². The van der Waals surface area contributed by atoms with Crippen LogP contribution in [0.5, 0.6) is 11.5 Å². The Balaban J connectivity index is 1.37. The lowest BCUT2D eigenvalue weighted by molar-refractivity contribution is -0.113. The van der Waals surface area contributed by atoms with Crippen LogP contribution in [0, 0.1) is 5.92 Å². The number of nitrogens with zero attached hydrogens (tertiary/aromatic N) is 2. The van der Waals surface area contributed by atoms with Gasteiger partial charge in [0, 0.05) is 13.1 Å². The van der Waals surface area contributed by atoms with Gasteiger partial charge in [-0.1, -0.05) is 36.4 Å². The summed E-state index contributed by atoms with van der Waals surface area (Å²) in [4.78, 5) is 19.7. The molecular formula is C24H26N2O3S. The predicted octanol–water partition coefficient (Wildman–Crippen LogP) is 4.63. The zero-order valence-corrected chi connectivity index (χ0v) is 18.2. The largest absolute Gasteiger partial charge is 0.493 e. The molecule has 2 heterocycles. The van der Waals surface area contributed by atoms with Crippen LogP contribution in [0.1, 0.15) is 24.0 Å². The Hall–Kier alpha value is -2.73. The van der Waals surface area contributed by atoms with E-state index in [9.17, 15) is 4.79 Å². The summed E-state index contributed by atoms with van der Waals surface area (Å²) in [5.41, 5.74) is 2.29. The van der Waals surface area contributed by atoms with Crippen molar-refractivity contribution < 1.29 is 14.3 Å². The molecule has 0 atom stereocenters. The molecule has 1 amide bonds. The van der Waals surface area contributed by atoms with Crippen LogP contribution in [-0.4, -0.2) is 43.3 Å². The number of rotatable bonds is 5. The quantitative estimate of drug-likeness (QED) is 0.658. The smallest absolute Gasteiger partial charge is 0.286 e. The highest BCUT2D eigenvalue weighted by atomic mass is 32.2. The molecule has 1 fully saturated rings. The van der Waals surface area contributed by atoms with Gasteiger partial charge in [0.1, 0.15) is 0 Å². The first kappa shape index (κ1) is 20.5. The number of hydrogen-bond acceptors (Lipinski definition) is 5. The van der Waals surface area contributed by atoms with Crippen molar-refractivity contribution >= 4 is 28.9 Å². The standard InChI is InChI=1S/C24H26N2O3S/c1-28-20-9-8-19(15-21(20)29-2)16-22-23(27)25-24(30-22)26-12-10-18(11-13-26)14-17-6-4-3-5-7-17/h3-9,15-16,18H,10-14H2,1-2H3/b22-16-. The van der Waals surface area contributed by atoms with Gasteiger partial charge in [0.15, 0.2) is 16.7 Å². The molecule has 0 bridgehead atoms. The molecule has 2 aromatic rings. The third-order valence-corrected chi connectivity index (χ3v) is 6.61. The van der Waals surface area contributed by atoms with E-state index in [0.717, 1.165) is 43.1 Å². The summed E-state index contributed by atoms with van der Waals surface area (Å²) < 4.78 is 10.6. The molecule has 2 aromatic carbocycles. The van der Waals surface area contributed by atoms with Gasteiger partial charge in [-0.15, -0.1) is 0 Å². The van der Waals surface area contributed by atoms with Crippen molar-refractivity contribution in [2.24, 2.45) is 10.9 Å². The van der Waals surface area contributed by atoms with Gasteiger partial charge in [0.05, 0.1) is 19.1 Å². The van der Waals surface area contributed by atoms with Crippen molar-refractivity contribution in [1.29, 1.82) is 0 Å². The molecule has 5 nitrogen and oxygen atoms in total. The van der Waals surface area contributed by atoms with Crippen LogP contribution in [0.15, 0.2) is 58.4 Å². The summed E-state index contributed by atoms with van der Waals surface area (Å²) >= 11 is 1.46. The van der Waals surface area contributed by atoms with Crippen LogP contribution < -0.4 is 9.47 Å². The van der Waals surface area contributed by atoms with E-state index in [0.29, 0.717) is 22.3 Å². The number of hydrogen-bond donors (Lipinski definition) is 0. The maximum Gasteiger partial charge on any atom is 0.286 e. The summed E-state index contributed by atoms with van der Waals surface area (Å²) in [7, 11) is 3.21. The van der Waals surface area contributed by atoms with Crippen LogP contribution >= 0.6 is 11.8 Å². The molecule has 1 saturated heterocycles. The zero-order chi connectivity index (χ0) is 20.9. The summed E-state index contributed by atoms with van der Waals surface area (Å²) in [5.74, 6) is 1.83. The lowest BCUT2D eigenvalue weighted by Gasteiger charge is -2.32. The number of ether oxygens (including phenoxy) is 2. The van der Waals surface area contributed by atoms with E-state index in [1.54, 1.807) is 14.2 Å². The van der Waals surface area contributed by atoms with Gasteiger partial charge in [-0.2, -0.15) is 4.99 Å². The van der Waals surface area contributed by atoms with E-state index in [2.05, 4.69) is 40.2 Å². The number of piperidine rings is 1. The fraction of sp³-hybridized carbons (Fsp3) is 0.333. The number of aliphatic imine (C=N–C) groups is 1. The van der Waals surface area contributed by atoms with Gasteiger partial charge in [0.25, 0.3) is 5.91 Å². The van der Waals surface area contributed by atoms with E-state index >= 15 is 0 Å². The van der Waals surface area contributed by atoms with Crippen molar-refractivity contribution in [2.45, 2.75) is 19.3 Å². The summed E-state index contributed by atoms with van der Waals surface area (Å²) in [5, 5.41) is 0.824. The molecule has 4 rings (SSSR count). The Bertz CT molecular complexity index is 964. The second-order valence-corrected chi connectivity index (χ2v) is 8.55. The van der Waals surface area contributed by atoms with E-state index < -0.39 is 0 Å². The van der Waals surface area contributed by atoms with Gasteiger partial charge in [-0.05, 0) is 66.3 Å². The maximum atomic E-state index is 12.5. The fourth-order valence-electron chi connectivity index (χ4n) is 3.90. The third kappa shape index (κ3) is 4.70. The van der Waals surface area contributed by atoms with Crippen molar-refractivity contribution in [3.8, 4) is 11.5 Å². The molecular weight excluding hydrogens is 396 g/mol. The van der Waals surface area contributed by atoms with Crippen molar-refractivity contribution in [1.82, 2.24) is 4.90 Å². The molecule has 2 aliphatic rings. The molecule has 0 aliphatic carbocycles. The Labute approximate surface area is 181 Å². The lowest BCUT2D eigenvalue weighted by atomic mass is 9.90. The molecule has 156 valence electrons. The predicted molar refractivity (Wildman–Crippen MR) is 122 cm³/mol. The Kier molecular flexibility index (Phi) is 6.43. The number of amidine groups is 1. The minimum absolute atomic E-state index is 0.170. The molecule has 6 heteroatoms. The normalized spacial score (nSPS) is 18.6. The zero-order valence-electron chi connectivity index (χ0n) is 17.3. The highest BCUT2D eigenvalue weighted by Crippen LogP contribution is 2.34. The van der Waals surface area contributed by atoms with Gasteiger partial charge in [-0.3, -0.25) is 4.79 Å². The minimum atomic E-state index is -0.170. The van der Waals surface area contributed by atoms with Crippen molar-refractivity contribution in [3.05, 3.63) is 64.6 Å². The third-order valence-electron chi connectivity index (χ3n) is 5.57. The second-order valence-electron chi connectivity index (χ2n) is 7.54. The molecule has 0 aromatic heterocycles. The first-order valence-electron chi connectivity index (χ1n) is 10.2. The molecule has 0 N–H and O–H groups in total. The molecule has 2 aliphatic heterocycles. The van der Waals surface area contributed by atoms with Crippen molar-refractivity contribution in [2.75, 3.05) is 27.3 Å². The van der Waals surface area contributed by atoms with Gasteiger partial charge in [-0.25, -0.2) is 0 Å². The first-order chi connectivity index (χ1) is 14.7. The monoisotopic (exact) mass is 422 g/mol. The summed E-state index contributed by atoms with van der Waals surface area (Å²) in [6, 6.07) is 16.3. The number of carbonyl (C=O) groups is 1. The summed E-state index contributed by atoms with van der Waals surface area (Å²) in [6.45, 7) is 1.89. The van der Waals surface area contributed by atoms with E-state index in [4.69, 9.17) is 9.47 Å². The number of benzene rings is 2. The average molecular weight is 423 g/mol. The Morgan fingerprint density at radius 2 is 1.80 bits per heavy atom. The SMILES string of the molecule is COc1ccc(/C=C2\SC(N3CCC(Cc4ccccc4)CC3)=NC2=O)cc1OC. The van der Waals surface area contributed by atoms with Crippen LogP contribution in [0.2, 0.25) is 0 Å². The number of methoxy groups -OCH3 is 2. The average Bonchev–Trinajstić information content (AvgIpc) is 3.15. The highest BCUT2D eigenvalue weighted by Gasteiger charge is 2.29. The van der Waals surface area contributed by atoms with Crippen LogP contribution in [0.4, 0.5) is 0 Å². The Morgan fingerprint density at radius 1 is 1.07 bits per heavy atom. The van der Waals surface area contributed by atoms with Crippen LogP contribution in [0.3, 0.4) is 0 Å². The molecule has 0 spiro atoms. The number of amides is 1. The first-order valence-corrected chi connectivity index (χ1v) is 11.0. The van der Waals surface area contributed by atoms with E-state index in [-0.39, 0.29) is 5.91 Å². The van der Waals surface area contributed by atoms with Gasteiger partial charge < -0.3 is 14.4 Å². The van der Waals surface area contributed by atoms with E-state index in [1.165, 1.54) is 17.3 Å². The maximum absolute atomic E-state index is 12.5. The number of thioether (sulfide) groups is 1. The Morgan fingerprint density at radius 3 is 2.50 bits per heavy atom. The van der Waals surface area contributed by atoms with Gasteiger partial charge >= 0.3 is 0 Å². The second kappa shape index (κ2) is 9.39. The molecule has 0 radical (unpaired) electrons. The van der Waals surface area contributed by atoms with E-state index in [1.807, 2.05) is 24.3 Å². The number of likely N-dealkylation sites (tertiary alicyclic amines) is 1. The molecule has 30 heavy (non-hydrogen) atoms. The van der Waals surface area contributed by atoms with Crippen LogP contribution in [-0.2, 0) is 11.2 Å². The fourth-order valence-corrected chi connectivity index (χ4v) is 4.87. The molecule has 0 saturated carbocycles. The lowest BCUT2D eigenvalue weighted by Crippen LogP contribution is -2.37. The topological polar surface area (TPSA) is 51.1 Å². The van der Waals surface area contributed by atoms with Crippen LogP contribution in [0.25, 0.3) is 6.08 Å². The van der Waals surface area contributed by atoms with Crippen molar-refractivity contribution in [3.63, 3.8) is 0 Å². The summed E-state index contributed by atoms with van der Waals surface area (Å²) in [6.07, 6.45) is 5.24. The highest BCUT2D eigenvalue weighted by molar-refractivity contribution is 8.18. The number of carbonyl (C=O) groups excluding carboxylic acids is 1. The molecule has 0 unspecified atom stereocenters. The minimum Gasteiger partial charge on any atom is -0.493 e.